The van der Waals surface area contributed by atoms with Crippen molar-refractivity contribution >= 4 is 54.9 Å². The minimum Gasteiger partial charge on any atom is -0.457 e. The van der Waals surface area contributed by atoms with Crippen molar-refractivity contribution in [3.05, 3.63) is 139 Å². The third kappa shape index (κ3) is 3.79. The molecule has 43 heavy (non-hydrogen) atoms. The Hall–Kier alpha value is -5.66. The van der Waals surface area contributed by atoms with Crippen LogP contribution in [-0.2, 0) is 0 Å². The second kappa shape index (κ2) is 9.44. The fraction of sp³-hybridized carbons (Fsp3) is 0. The van der Waals surface area contributed by atoms with E-state index in [0.29, 0.717) is 0 Å². The van der Waals surface area contributed by atoms with E-state index in [-0.39, 0.29) is 0 Å². The molecule has 4 heterocycles. The van der Waals surface area contributed by atoms with Gasteiger partial charge in [-0.1, -0.05) is 60.7 Å². The van der Waals surface area contributed by atoms with E-state index >= 15 is 0 Å². The maximum Gasteiger partial charge on any atom is 0.194 e. The van der Waals surface area contributed by atoms with Crippen LogP contribution in [0.15, 0.2) is 139 Å². The first-order chi connectivity index (χ1) is 21.3. The lowest BCUT2D eigenvalue weighted by atomic mass is 10.1. The van der Waals surface area contributed by atoms with E-state index < -0.39 is 0 Å². The molecule has 6 nitrogen and oxygen atoms in total. The molecule has 0 unspecified atom stereocenters. The highest BCUT2D eigenvalue weighted by atomic mass is 32.1. The van der Waals surface area contributed by atoms with Crippen molar-refractivity contribution in [2.24, 2.45) is 0 Å². The predicted molar refractivity (Wildman–Crippen MR) is 174 cm³/mol. The van der Waals surface area contributed by atoms with Crippen molar-refractivity contribution in [3.63, 3.8) is 0 Å². The van der Waals surface area contributed by atoms with Crippen LogP contribution in [0.25, 0.3) is 60.1 Å². The Morgan fingerprint density at radius 1 is 0.558 bits per heavy atom. The van der Waals surface area contributed by atoms with Crippen LogP contribution in [0.4, 0.5) is 0 Å². The van der Waals surface area contributed by atoms with Crippen molar-refractivity contribution in [2.45, 2.75) is 0 Å². The second-order valence-corrected chi connectivity index (χ2v) is 11.3. The number of aromatic nitrogens is 5. The summed E-state index contributed by atoms with van der Waals surface area (Å²) in [7, 11) is 0. The molecule has 7 heteroatoms. The van der Waals surface area contributed by atoms with E-state index in [0.717, 1.165) is 50.1 Å². The lowest BCUT2D eigenvalue weighted by Gasteiger charge is -2.09. The molecule has 0 fully saturated rings. The predicted octanol–water partition coefficient (Wildman–Crippen LogP) is 9.32. The van der Waals surface area contributed by atoms with Gasteiger partial charge in [-0.05, 0) is 42.5 Å². The standard InChI is InChI=1S/C36H23N5OS/c1-4-13-32-28(10-1)29-11-2-5-14-33(29)40(32)25-22-38-39(23-25)24-8-7-9-26(20-24)42-27-16-17-31-30-12-3-6-15-34(30)41(35(31)21-27)36-37-18-19-43-36/h1-23H. The van der Waals surface area contributed by atoms with E-state index in [2.05, 4.69) is 105 Å². The summed E-state index contributed by atoms with van der Waals surface area (Å²) in [4.78, 5) is 4.60. The Morgan fingerprint density at radius 3 is 1.91 bits per heavy atom. The van der Waals surface area contributed by atoms with Gasteiger partial charge in [0, 0.05) is 45.3 Å². The average molecular weight is 574 g/mol. The lowest BCUT2D eigenvalue weighted by molar-refractivity contribution is 0.483. The molecule has 0 aliphatic heterocycles. The smallest absolute Gasteiger partial charge is 0.194 e. The molecule has 0 amide bonds. The van der Waals surface area contributed by atoms with Crippen LogP contribution in [0.5, 0.6) is 11.5 Å². The monoisotopic (exact) mass is 573 g/mol. The molecule has 0 radical (unpaired) electrons. The van der Waals surface area contributed by atoms with Gasteiger partial charge in [-0.3, -0.25) is 4.57 Å². The van der Waals surface area contributed by atoms with Crippen molar-refractivity contribution in [1.82, 2.24) is 23.9 Å². The number of hydrogen-bond donors (Lipinski definition) is 0. The summed E-state index contributed by atoms with van der Waals surface area (Å²) in [6.45, 7) is 0. The SMILES string of the molecule is c1cc(Oc2ccc3c4ccccc4n(-c4nccs4)c3c2)cc(-n2cc(-n3c4ccccc4c4ccccc43)cn2)c1. The van der Waals surface area contributed by atoms with E-state index in [1.165, 1.54) is 21.5 Å². The maximum atomic E-state index is 6.43. The molecule has 0 atom stereocenters. The minimum absolute atomic E-state index is 0.739. The molecule has 5 aromatic carbocycles. The number of rotatable bonds is 5. The van der Waals surface area contributed by atoms with E-state index in [1.807, 2.05) is 52.8 Å². The quantitative estimate of drug-likeness (QED) is 0.206. The van der Waals surface area contributed by atoms with Gasteiger partial charge in [0.15, 0.2) is 5.13 Å². The first kappa shape index (κ1) is 24.0. The molecule has 0 bridgehead atoms. The van der Waals surface area contributed by atoms with E-state index in [4.69, 9.17) is 9.84 Å². The number of para-hydroxylation sites is 3. The molecule has 0 spiro atoms. The summed E-state index contributed by atoms with van der Waals surface area (Å²) in [5.74, 6) is 1.50. The van der Waals surface area contributed by atoms with Crippen LogP contribution in [0.1, 0.15) is 0 Å². The van der Waals surface area contributed by atoms with E-state index in [1.54, 1.807) is 11.3 Å². The number of ether oxygens (including phenoxy) is 1. The Morgan fingerprint density at radius 2 is 1.21 bits per heavy atom. The zero-order chi connectivity index (χ0) is 28.3. The summed E-state index contributed by atoms with van der Waals surface area (Å²) in [6, 6.07) is 39.7. The number of hydrogen-bond acceptors (Lipinski definition) is 4. The number of benzene rings is 5. The van der Waals surface area contributed by atoms with E-state index in [9.17, 15) is 0 Å². The summed E-state index contributed by atoms with van der Waals surface area (Å²) in [6.07, 6.45) is 5.82. The largest absolute Gasteiger partial charge is 0.457 e. The van der Waals surface area contributed by atoms with Gasteiger partial charge >= 0.3 is 0 Å². The highest BCUT2D eigenvalue weighted by Crippen LogP contribution is 2.36. The Bertz CT molecular complexity index is 2390. The topological polar surface area (TPSA) is 49.8 Å². The van der Waals surface area contributed by atoms with Crippen molar-refractivity contribution in [1.29, 1.82) is 0 Å². The van der Waals surface area contributed by atoms with Crippen LogP contribution < -0.4 is 4.74 Å². The molecular weight excluding hydrogens is 550 g/mol. The average Bonchev–Trinajstić information content (AvgIpc) is 3.85. The Balaban J connectivity index is 1.09. The van der Waals surface area contributed by atoms with Crippen molar-refractivity contribution in [2.75, 3.05) is 0 Å². The minimum atomic E-state index is 0.739. The Labute approximate surface area is 250 Å². The highest BCUT2D eigenvalue weighted by Gasteiger charge is 2.16. The molecular formula is C36H23N5OS. The van der Waals surface area contributed by atoms with Gasteiger partial charge in [0.1, 0.15) is 11.5 Å². The van der Waals surface area contributed by atoms with Crippen molar-refractivity contribution in [3.8, 4) is 28.0 Å². The molecule has 9 aromatic rings. The molecule has 0 saturated heterocycles. The van der Waals surface area contributed by atoms with Crippen LogP contribution in [-0.4, -0.2) is 23.9 Å². The fourth-order valence-electron chi connectivity index (χ4n) is 6.14. The molecule has 0 N–H and O–H groups in total. The first-order valence-corrected chi connectivity index (χ1v) is 14.9. The van der Waals surface area contributed by atoms with Gasteiger partial charge in [0.25, 0.3) is 0 Å². The van der Waals surface area contributed by atoms with Crippen LogP contribution in [0.3, 0.4) is 0 Å². The molecule has 0 saturated carbocycles. The molecule has 9 rings (SSSR count). The fourth-order valence-corrected chi connectivity index (χ4v) is 6.81. The third-order valence-electron chi connectivity index (χ3n) is 7.98. The second-order valence-electron chi connectivity index (χ2n) is 10.5. The van der Waals surface area contributed by atoms with Gasteiger partial charge in [0.05, 0.1) is 45.8 Å². The summed E-state index contributed by atoms with van der Waals surface area (Å²) < 4.78 is 12.8. The van der Waals surface area contributed by atoms with Crippen LogP contribution in [0.2, 0.25) is 0 Å². The number of thiazole rings is 1. The number of fused-ring (bicyclic) bond motifs is 6. The molecule has 204 valence electrons. The molecule has 0 aliphatic carbocycles. The summed E-state index contributed by atoms with van der Waals surface area (Å²) in [5, 5.41) is 12.5. The third-order valence-corrected chi connectivity index (χ3v) is 8.74. The Kier molecular flexibility index (Phi) is 5.27. The normalized spacial score (nSPS) is 11.7. The molecule has 0 aliphatic rings. The number of nitrogens with zero attached hydrogens (tertiary/aromatic N) is 5. The van der Waals surface area contributed by atoms with Gasteiger partial charge in [-0.15, -0.1) is 11.3 Å². The first-order valence-electron chi connectivity index (χ1n) is 14.1. The highest BCUT2D eigenvalue weighted by molar-refractivity contribution is 7.12. The van der Waals surface area contributed by atoms with Crippen LogP contribution >= 0.6 is 11.3 Å². The summed E-state index contributed by atoms with van der Waals surface area (Å²) >= 11 is 1.62. The van der Waals surface area contributed by atoms with Crippen molar-refractivity contribution < 1.29 is 4.74 Å². The zero-order valence-corrected chi connectivity index (χ0v) is 23.6. The maximum absolute atomic E-state index is 6.43. The van der Waals surface area contributed by atoms with Gasteiger partial charge < -0.3 is 9.30 Å². The van der Waals surface area contributed by atoms with Gasteiger partial charge in [-0.2, -0.15) is 5.10 Å². The summed E-state index contributed by atoms with van der Waals surface area (Å²) in [5.41, 5.74) is 6.43. The lowest BCUT2D eigenvalue weighted by Crippen LogP contribution is -1.96. The van der Waals surface area contributed by atoms with Gasteiger partial charge in [-0.25, -0.2) is 9.67 Å². The van der Waals surface area contributed by atoms with Crippen LogP contribution in [0, 0.1) is 0 Å². The zero-order valence-electron chi connectivity index (χ0n) is 22.8. The van der Waals surface area contributed by atoms with Gasteiger partial charge in [0.2, 0.25) is 0 Å². The molecule has 4 aromatic heterocycles.